The predicted molar refractivity (Wildman–Crippen MR) is 65.0 cm³/mol. The third-order valence-electron chi connectivity index (χ3n) is 1.87. The highest BCUT2D eigenvalue weighted by Gasteiger charge is 2.22. The van der Waals surface area contributed by atoms with Crippen molar-refractivity contribution in [3.63, 3.8) is 0 Å². The van der Waals surface area contributed by atoms with E-state index < -0.39 is 36.3 Å². The molecule has 9 nitrogen and oxygen atoms in total. The first kappa shape index (κ1) is 16.7. The zero-order valence-corrected chi connectivity index (χ0v) is 10.7. The van der Waals surface area contributed by atoms with Gasteiger partial charge in [-0.3, -0.25) is 9.59 Å². The number of amides is 4. The molecule has 0 aliphatic carbocycles. The fourth-order valence-corrected chi connectivity index (χ4v) is 1.14. The number of carbonyl (C=O) groups excluding carboxylic acids is 3. The summed E-state index contributed by atoms with van der Waals surface area (Å²) in [6.07, 6.45) is -0.527. The summed E-state index contributed by atoms with van der Waals surface area (Å²) in [6.45, 7) is 3.21. The van der Waals surface area contributed by atoms with Crippen molar-refractivity contribution in [3.8, 4) is 0 Å². The zero-order chi connectivity index (χ0) is 15.0. The van der Waals surface area contributed by atoms with Gasteiger partial charge >= 0.3 is 12.0 Å². The molecule has 0 saturated carbocycles. The second-order valence-electron chi connectivity index (χ2n) is 4.11. The predicted octanol–water partition coefficient (Wildman–Crippen LogP) is -1.86. The topological polar surface area (TPSA) is 151 Å². The third kappa shape index (κ3) is 8.41. The summed E-state index contributed by atoms with van der Waals surface area (Å²) in [5, 5.41) is 15.5. The number of nitrogens with one attached hydrogen (secondary N) is 3. The van der Waals surface area contributed by atoms with Gasteiger partial charge in [0, 0.05) is 6.04 Å². The summed E-state index contributed by atoms with van der Waals surface area (Å²) in [5.74, 6) is -2.65. The van der Waals surface area contributed by atoms with Crippen LogP contribution in [0.15, 0.2) is 0 Å². The quantitative estimate of drug-likeness (QED) is 0.369. The summed E-state index contributed by atoms with van der Waals surface area (Å²) in [7, 11) is 0. The van der Waals surface area contributed by atoms with Gasteiger partial charge in [-0.15, -0.1) is 0 Å². The Bertz CT molecular complexity index is 369. The molecular weight excluding hydrogens is 256 g/mol. The van der Waals surface area contributed by atoms with Crippen molar-refractivity contribution in [2.45, 2.75) is 32.4 Å². The Morgan fingerprint density at radius 2 is 1.74 bits per heavy atom. The summed E-state index contributed by atoms with van der Waals surface area (Å²) >= 11 is 0. The number of primary amides is 1. The molecule has 0 aliphatic heterocycles. The van der Waals surface area contributed by atoms with Crippen LogP contribution in [-0.4, -0.2) is 47.5 Å². The first-order valence-corrected chi connectivity index (χ1v) is 5.57. The maximum atomic E-state index is 11.3. The highest BCUT2D eigenvalue weighted by Crippen LogP contribution is 1.91. The van der Waals surface area contributed by atoms with E-state index in [0.717, 1.165) is 0 Å². The molecule has 9 heteroatoms. The molecule has 0 heterocycles. The van der Waals surface area contributed by atoms with E-state index in [9.17, 15) is 19.2 Å². The van der Waals surface area contributed by atoms with Gasteiger partial charge in [0.1, 0.15) is 6.04 Å². The van der Waals surface area contributed by atoms with Gasteiger partial charge in [0.2, 0.25) is 11.8 Å². The molecule has 0 aromatic carbocycles. The number of carboxylic acids is 1. The summed E-state index contributed by atoms with van der Waals surface area (Å²) in [6, 6.07) is -2.36. The molecule has 1 atom stereocenters. The molecule has 0 aromatic heterocycles. The largest absolute Gasteiger partial charge is 0.480 e. The van der Waals surface area contributed by atoms with Crippen molar-refractivity contribution in [2.24, 2.45) is 5.73 Å². The van der Waals surface area contributed by atoms with Crippen LogP contribution in [0, 0.1) is 0 Å². The van der Waals surface area contributed by atoms with Crippen LogP contribution in [0.25, 0.3) is 0 Å². The van der Waals surface area contributed by atoms with Crippen LogP contribution in [0.5, 0.6) is 0 Å². The number of nitrogens with two attached hydrogens (primary N) is 1. The van der Waals surface area contributed by atoms with Crippen LogP contribution >= 0.6 is 0 Å². The Balaban J connectivity index is 4.17. The Kier molecular flexibility index (Phi) is 6.94. The van der Waals surface area contributed by atoms with E-state index in [0.29, 0.717) is 0 Å². The van der Waals surface area contributed by atoms with Crippen molar-refractivity contribution in [1.29, 1.82) is 0 Å². The van der Waals surface area contributed by atoms with E-state index in [4.69, 9.17) is 10.8 Å². The lowest BCUT2D eigenvalue weighted by atomic mass is 10.2. The van der Waals surface area contributed by atoms with E-state index in [1.807, 2.05) is 5.32 Å². The minimum atomic E-state index is -1.43. The first-order valence-electron chi connectivity index (χ1n) is 5.57. The van der Waals surface area contributed by atoms with E-state index >= 15 is 0 Å². The van der Waals surface area contributed by atoms with Crippen molar-refractivity contribution < 1.29 is 24.3 Å². The van der Waals surface area contributed by atoms with Crippen LogP contribution in [0.2, 0.25) is 0 Å². The van der Waals surface area contributed by atoms with Crippen molar-refractivity contribution in [3.05, 3.63) is 0 Å². The molecule has 0 spiro atoms. The standard InChI is InChI=1S/C10H18N4O5/c1-5(2)13-8(16)4-12-10(19)14-6(9(17)18)3-7(11)15/h5-6H,3-4H2,1-2H3,(H2,11,15)(H,13,16)(H,17,18)(H2,12,14,19)/t6-/m0/s1. The lowest BCUT2D eigenvalue weighted by Crippen LogP contribution is -2.50. The second-order valence-corrected chi connectivity index (χ2v) is 4.11. The maximum Gasteiger partial charge on any atom is 0.326 e. The monoisotopic (exact) mass is 274 g/mol. The second kappa shape index (κ2) is 7.90. The molecule has 6 N–H and O–H groups in total. The summed E-state index contributed by atoms with van der Waals surface area (Å²) < 4.78 is 0. The number of hydrogen-bond acceptors (Lipinski definition) is 4. The molecule has 0 bridgehead atoms. The molecule has 4 amide bonds. The number of aliphatic carboxylic acids is 1. The summed E-state index contributed by atoms with van der Waals surface area (Å²) in [5.41, 5.74) is 4.85. The summed E-state index contributed by atoms with van der Waals surface area (Å²) in [4.78, 5) is 43.9. The van der Waals surface area contributed by atoms with Crippen LogP contribution in [0.1, 0.15) is 20.3 Å². The fraction of sp³-hybridized carbons (Fsp3) is 0.600. The molecule has 0 saturated heterocycles. The van der Waals surface area contributed by atoms with Gasteiger partial charge < -0.3 is 26.8 Å². The Morgan fingerprint density at radius 1 is 1.16 bits per heavy atom. The average molecular weight is 274 g/mol. The third-order valence-corrected chi connectivity index (χ3v) is 1.87. The zero-order valence-electron chi connectivity index (χ0n) is 10.7. The molecule has 0 fully saturated rings. The van der Waals surface area contributed by atoms with Crippen LogP contribution < -0.4 is 21.7 Å². The van der Waals surface area contributed by atoms with Gasteiger partial charge in [0.25, 0.3) is 0 Å². The van der Waals surface area contributed by atoms with E-state index in [1.54, 1.807) is 13.8 Å². The molecule has 0 radical (unpaired) electrons. The molecule has 0 aliphatic rings. The molecular formula is C10H18N4O5. The van der Waals surface area contributed by atoms with Gasteiger partial charge in [-0.05, 0) is 13.8 Å². The van der Waals surface area contributed by atoms with Crippen molar-refractivity contribution in [1.82, 2.24) is 16.0 Å². The SMILES string of the molecule is CC(C)NC(=O)CNC(=O)N[C@@H](CC(N)=O)C(=O)O. The van der Waals surface area contributed by atoms with Crippen LogP contribution in [0.3, 0.4) is 0 Å². The Morgan fingerprint density at radius 3 is 2.16 bits per heavy atom. The highest BCUT2D eigenvalue weighted by molar-refractivity contribution is 5.89. The number of rotatable bonds is 7. The number of urea groups is 1. The van der Waals surface area contributed by atoms with Crippen LogP contribution in [-0.2, 0) is 14.4 Å². The first-order chi connectivity index (χ1) is 8.72. The van der Waals surface area contributed by atoms with Gasteiger partial charge in [-0.25, -0.2) is 9.59 Å². The molecule has 0 aromatic rings. The van der Waals surface area contributed by atoms with Crippen molar-refractivity contribution in [2.75, 3.05) is 6.54 Å². The lowest BCUT2D eigenvalue weighted by molar-refractivity contribution is -0.140. The van der Waals surface area contributed by atoms with E-state index in [2.05, 4.69) is 10.6 Å². The number of carboxylic acid groups (broad SMARTS) is 1. The van der Waals surface area contributed by atoms with Gasteiger partial charge in [0.05, 0.1) is 13.0 Å². The van der Waals surface area contributed by atoms with Gasteiger partial charge in [-0.2, -0.15) is 0 Å². The van der Waals surface area contributed by atoms with E-state index in [-0.39, 0.29) is 12.6 Å². The Hall–Kier alpha value is -2.32. The molecule has 0 unspecified atom stereocenters. The lowest BCUT2D eigenvalue weighted by Gasteiger charge is -2.14. The highest BCUT2D eigenvalue weighted by atomic mass is 16.4. The van der Waals surface area contributed by atoms with Gasteiger partial charge in [0.15, 0.2) is 0 Å². The van der Waals surface area contributed by atoms with Gasteiger partial charge in [-0.1, -0.05) is 0 Å². The fourth-order valence-electron chi connectivity index (χ4n) is 1.14. The molecule has 19 heavy (non-hydrogen) atoms. The average Bonchev–Trinajstić information content (AvgIpc) is 2.23. The maximum absolute atomic E-state index is 11.3. The minimum Gasteiger partial charge on any atom is -0.480 e. The molecule has 0 rings (SSSR count). The Labute approximate surface area is 109 Å². The molecule has 108 valence electrons. The number of hydrogen-bond donors (Lipinski definition) is 5. The van der Waals surface area contributed by atoms with Crippen molar-refractivity contribution >= 4 is 23.8 Å². The van der Waals surface area contributed by atoms with Crippen LogP contribution in [0.4, 0.5) is 4.79 Å². The normalized spacial score (nSPS) is 11.5. The number of carbonyl (C=O) groups is 4. The van der Waals surface area contributed by atoms with E-state index in [1.165, 1.54) is 0 Å². The smallest absolute Gasteiger partial charge is 0.326 e. The minimum absolute atomic E-state index is 0.0704.